The molecule has 2 aromatic heterocycles. The van der Waals surface area contributed by atoms with Crippen LogP contribution in [-0.2, 0) is 4.74 Å². The number of halogens is 1. The van der Waals surface area contributed by atoms with E-state index >= 15 is 0 Å². The molecule has 0 saturated carbocycles. The summed E-state index contributed by atoms with van der Waals surface area (Å²) in [7, 11) is 0. The maximum absolute atomic E-state index is 10.0. The highest BCUT2D eigenvalue weighted by Crippen LogP contribution is 2.32. The third-order valence-corrected chi connectivity index (χ3v) is 3.74. The Morgan fingerprint density at radius 3 is 2.75 bits per heavy atom. The van der Waals surface area contributed by atoms with Gasteiger partial charge in [0, 0.05) is 0 Å². The van der Waals surface area contributed by atoms with Gasteiger partial charge in [0.2, 0.25) is 5.95 Å². The van der Waals surface area contributed by atoms with Crippen molar-refractivity contribution < 1.29 is 20.1 Å². The average Bonchev–Trinajstić information content (AvgIpc) is 2.93. The number of nitrogens with two attached hydrogens (primary N) is 1. The van der Waals surface area contributed by atoms with E-state index < -0.39 is 31.1 Å². The third-order valence-electron chi connectivity index (χ3n) is 3.19. The zero-order valence-electron chi connectivity index (χ0n) is 10.1. The summed E-state index contributed by atoms with van der Waals surface area (Å²) in [5, 5.41) is 28.9. The fourth-order valence-electron chi connectivity index (χ4n) is 2.19. The highest BCUT2D eigenvalue weighted by molar-refractivity contribution is 9.10. The summed E-state index contributed by atoms with van der Waals surface area (Å²) >= 11 is 3.22. The van der Waals surface area contributed by atoms with Crippen molar-refractivity contribution in [3.8, 4) is 0 Å². The van der Waals surface area contributed by atoms with Gasteiger partial charge in [-0.25, -0.2) is 9.97 Å². The van der Waals surface area contributed by atoms with Gasteiger partial charge in [-0.05, 0) is 15.9 Å². The number of aliphatic hydroxyl groups excluding tert-OH is 3. The summed E-state index contributed by atoms with van der Waals surface area (Å²) in [6.45, 7) is -0.401. The van der Waals surface area contributed by atoms with Gasteiger partial charge in [0.15, 0.2) is 11.9 Å². The van der Waals surface area contributed by atoms with Gasteiger partial charge in [-0.15, -0.1) is 0 Å². The minimum absolute atomic E-state index is 0.0397. The van der Waals surface area contributed by atoms with Gasteiger partial charge in [0.1, 0.15) is 28.4 Å². The number of imidazole rings is 1. The van der Waals surface area contributed by atoms with Crippen LogP contribution in [0.5, 0.6) is 0 Å². The lowest BCUT2D eigenvalue weighted by Gasteiger charge is -2.16. The molecule has 0 aromatic carbocycles. The molecule has 1 saturated heterocycles. The molecule has 108 valence electrons. The number of aliphatic hydroxyl groups is 3. The summed E-state index contributed by atoms with van der Waals surface area (Å²) in [5.41, 5.74) is 6.40. The lowest BCUT2D eigenvalue weighted by atomic mass is 10.1. The predicted octanol–water partition coefficient (Wildman–Crippen LogP) is -1.22. The second kappa shape index (κ2) is 4.90. The number of ether oxygens (including phenoxy) is 1. The minimum atomic E-state index is -1.21. The standard InChI is InChI=1S/C10H12BrN5O4/c11-7-4-8(15-10(12)14-7)16(2-13-4)9-6(19)5(18)3(1-17)20-9/h2-3,5-6,9,17-19H,1H2,(H2,12,14,15)/t3-,5+,6-,9-/m0/s1. The van der Waals surface area contributed by atoms with Gasteiger partial charge in [-0.3, -0.25) is 4.57 Å². The van der Waals surface area contributed by atoms with Crippen molar-refractivity contribution in [2.45, 2.75) is 24.5 Å². The molecule has 9 nitrogen and oxygen atoms in total. The average molecular weight is 346 g/mol. The van der Waals surface area contributed by atoms with Crippen LogP contribution >= 0.6 is 15.9 Å². The van der Waals surface area contributed by atoms with E-state index in [9.17, 15) is 10.2 Å². The number of fused-ring (bicyclic) bond motifs is 1. The minimum Gasteiger partial charge on any atom is -0.394 e. The molecule has 10 heteroatoms. The molecule has 1 fully saturated rings. The van der Waals surface area contributed by atoms with Gasteiger partial charge in [0.05, 0.1) is 12.9 Å². The first kappa shape index (κ1) is 13.6. The molecular weight excluding hydrogens is 334 g/mol. The normalized spacial score (nSPS) is 30.2. The van der Waals surface area contributed by atoms with Crippen molar-refractivity contribution in [3.05, 3.63) is 10.9 Å². The number of hydrogen-bond acceptors (Lipinski definition) is 8. The third kappa shape index (κ3) is 1.96. The Balaban J connectivity index is 2.07. The number of rotatable bonds is 2. The smallest absolute Gasteiger partial charge is 0.223 e. The molecule has 0 unspecified atom stereocenters. The van der Waals surface area contributed by atoms with E-state index in [-0.39, 0.29) is 5.95 Å². The van der Waals surface area contributed by atoms with Crippen LogP contribution in [-0.4, -0.2) is 59.8 Å². The molecule has 1 aliphatic rings. The van der Waals surface area contributed by atoms with E-state index in [1.54, 1.807) is 0 Å². The van der Waals surface area contributed by atoms with E-state index in [0.29, 0.717) is 15.8 Å². The van der Waals surface area contributed by atoms with Crippen LogP contribution in [0.25, 0.3) is 11.2 Å². The molecule has 4 atom stereocenters. The Labute approximate surface area is 121 Å². The van der Waals surface area contributed by atoms with Gasteiger partial charge < -0.3 is 25.8 Å². The van der Waals surface area contributed by atoms with Crippen LogP contribution in [0.2, 0.25) is 0 Å². The quantitative estimate of drug-likeness (QED) is 0.496. The lowest BCUT2D eigenvalue weighted by molar-refractivity contribution is -0.0511. The van der Waals surface area contributed by atoms with Crippen molar-refractivity contribution in [1.82, 2.24) is 19.5 Å². The van der Waals surface area contributed by atoms with Gasteiger partial charge in [-0.1, -0.05) is 0 Å². The van der Waals surface area contributed by atoms with Crippen LogP contribution in [0.15, 0.2) is 10.9 Å². The first-order chi connectivity index (χ1) is 9.52. The predicted molar refractivity (Wildman–Crippen MR) is 70.4 cm³/mol. The molecule has 0 spiro atoms. The van der Waals surface area contributed by atoms with Crippen molar-refractivity contribution in [2.24, 2.45) is 0 Å². The van der Waals surface area contributed by atoms with E-state index in [1.807, 2.05) is 0 Å². The number of aromatic nitrogens is 4. The lowest BCUT2D eigenvalue weighted by Crippen LogP contribution is -2.33. The number of nitrogen functional groups attached to an aromatic ring is 1. The van der Waals surface area contributed by atoms with Gasteiger partial charge in [-0.2, -0.15) is 4.98 Å². The molecule has 0 bridgehead atoms. The SMILES string of the molecule is Nc1nc(Br)c2ncn([C@H]3O[C@@H](CO)[C@@H](O)[C@@H]3O)c2n1. The Hall–Kier alpha value is -1.33. The summed E-state index contributed by atoms with van der Waals surface area (Å²) in [6.07, 6.45) is -2.77. The van der Waals surface area contributed by atoms with Crippen molar-refractivity contribution >= 4 is 33.0 Å². The second-order valence-electron chi connectivity index (χ2n) is 4.43. The fourth-order valence-corrected chi connectivity index (χ4v) is 2.66. The number of hydrogen-bond donors (Lipinski definition) is 4. The van der Waals surface area contributed by atoms with Crippen molar-refractivity contribution in [2.75, 3.05) is 12.3 Å². The van der Waals surface area contributed by atoms with Crippen molar-refractivity contribution in [3.63, 3.8) is 0 Å². The van der Waals surface area contributed by atoms with E-state index in [1.165, 1.54) is 10.9 Å². The molecule has 0 aliphatic carbocycles. The maximum Gasteiger partial charge on any atom is 0.223 e. The number of anilines is 1. The van der Waals surface area contributed by atoms with E-state index in [2.05, 4.69) is 30.9 Å². The monoisotopic (exact) mass is 345 g/mol. The molecule has 0 amide bonds. The summed E-state index contributed by atoms with van der Waals surface area (Å²) in [6, 6.07) is 0. The highest BCUT2D eigenvalue weighted by atomic mass is 79.9. The van der Waals surface area contributed by atoms with Crippen LogP contribution in [0.4, 0.5) is 5.95 Å². The Morgan fingerprint density at radius 2 is 2.10 bits per heavy atom. The van der Waals surface area contributed by atoms with Crippen molar-refractivity contribution in [1.29, 1.82) is 0 Å². The Kier molecular flexibility index (Phi) is 3.34. The first-order valence-electron chi connectivity index (χ1n) is 5.81. The van der Waals surface area contributed by atoms with Crippen LogP contribution in [0.1, 0.15) is 6.23 Å². The molecule has 20 heavy (non-hydrogen) atoms. The molecule has 0 radical (unpaired) electrons. The van der Waals surface area contributed by atoms with Gasteiger partial charge >= 0.3 is 0 Å². The zero-order chi connectivity index (χ0) is 14.4. The Morgan fingerprint density at radius 1 is 1.35 bits per heavy atom. The molecule has 1 aliphatic heterocycles. The molecular formula is C10H12BrN5O4. The summed E-state index contributed by atoms with van der Waals surface area (Å²) < 4.78 is 7.29. The second-order valence-corrected chi connectivity index (χ2v) is 5.18. The topological polar surface area (TPSA) is 140 Å². The first-order valence-corrected chi connectivity index (χ1v) is 6.60. The largest absolute Gasteiger partial charge is 0.394 e. The maximum atomic E-state index is 10.0. The van der Waals surface area contributed by atoms with Gasteiger partial charge in [0.25, 0.3) is 0 Å². The van der Waals surface area contributed by atoms with Crippen LogP contribution < -0.4 is 5.73 Å². The fraction of sp³-hybridized carbons (Fsp3) is 0.500. The molecule has 3 heterocycles. The molecule has 3 rings (SSSR count). The van der Waals surface area contributed by atoms with E-state index in [4.69, 9.17) is 15.6 Å². The number of nitrogens with zero attached hydrogens (tertiary/aromatic N) is 4. The summed E-state index contributed by atoms with van der Waals surface area (Å²) in [4.78, 5) is 12.1. The Bertz CT molecular complexity index is 650. The van der Waals surface area contributed by atoms with Crippen LogP contribution in [0.3, 0.4) is 0 Å². The summed E-state index contributed by atoms with van der Waals surface area (Å²) in [5.74, 6) is 0.0397. The molecule has 2 aromatic rings. The van der Waals surface area contributed by atoms with Crippen LogP contribution in [0, 0.1) is 0 Å². The van der Waals surface area contributed by atoms with E-state index in [0.717, 1.165) is 0 Å². The highest BCUT2D eigenvalue weighted by Gasteiger charge is 2.44. The zero-order valence-corrected chi connectivity index (χ0v) is 11.7. The molecule has 5 N–H and O–H groups in total.